The van der Waals surface area contributed by atoms with Crippen LogP contribution in [0.2, 0.25) is 0 Å². The summed E-state index contributed by atoms with van der Waals surface area (Å²) in [6, 6.07) is 0.251. The van der Waals surface area contributed by atoms with Gasteiger partial charge in [-0.3, -0.25) is 9.89 Å². The van der Waals surface area contributed by atoms with Crippen LogP contribution in [0.3, 0.4) is 0 Å². The van der Waals surface area contributed by atoms with Crippen molar-refractivity contribution >= 4 is 11.6 Å². The fourth-order valence-corrected chi connectivity index (χ4v) is 0.894. The van der Waals surface area contributed by atoms with Crippen LogP contribution >= 0.6 is 0 Å². The Morgan fingerprint density at radius 2 is 2.42 bits per heavy atom. The van der Waals surface area contributed by atoms with E-state index >= 15 is 0 Å². The van der Waals surface area contributed by atoms with Gasteiger partial charge in [0.1, 0.15) is 5.69 Å². The standard InChI is InChI=1S/C7H12N4O/c1-4(2)10-5-3-9-11-6(5)7(8)12/h3-4,10H,1-2H3,(H2,8,12)(H,9,11). The number of amides is 1. The van der Waals surface area contributed by atoms with Gasteiger partial charge in [-0.15, -0.1) is 0 Å². The van der Waals surface area contributed by atoms with Gasteiger partial charge >= 0.3 is 0 Å². The van der Waals surface area contributed by atoms with Crippen molar-refractivity contribution in [3.8, 4) is 0 Å². The second-order valence-corrected chi connectivity index (χ2v) is 2.82. The lowest BCUT2D eigenvalue weighted by Crippen LogP contribution is -2.17. The average Bonchev–Trinajstić information content (AvgIpc) is 2.33. The van der Waals surface area contributed by atoms with Crippen molar-refractivity contribution in [3.63, 3.8) is 0 Å². The first-order valence-electron chi connectivity index (χ1n) is 3.71. The Bertz CT molecular complexity index is 279. The number of primary amides is 1. The maximum Gasteiger partial charge on any atom is 0.268 e. The molecule has 0 aliphatic rings. The van der Waals surface area contributed by atoms with Crippen LogP contribution in [0, 0.1) is 0 Å². The summed E-state index contributed by atoms with van der Waals surface area (Å²) in [6.07, 6.45) is 1.54. The number of H-pyrrole nitrogens is 1. The Labute approximate surface area is 70.3 Å². The Kier molecular flexibility index (Phi) is 2.32. The lowest BCUT2D eigenvalue weighted by atomic mass is 10.3. The third-order valence-electron chi connectivity index (χ3n) is 1.33. The molecule has 1 amide bonds. The minimum absolute atomic E-state index is 0.251. The molecule has 1 heterocycles. The molecule has 0 spiro atoms. The van der Waals surface area contributed by atoms with Gasteiger partial charge < -0.3 is 11.1 Å². The summed E-state index contributed by atoms with van der Waals surface area (Å²) < 4.78 is 0. The van der Waals surface area contributed by atoms with E-state index in [1.165, 1.54) is 0 Å². The SMILES string of the molecule is CC(C)Nc1cn[nH]c1C(N)=O. The van der Waals surface area contributed by atoms with Crippen LogP contribution in [0.1, 0.15) is 24.3 Å². The summed E-state index contributed by atoms with van der Waals surface area (Å²) in [6.45, 7) is 3.94. The second kappa shape index (κ2) is 3.25. The molecular formula is C7H12N4O. The topological polar surface area (TPSA) is 83.8 Å². The molecule has 12 heavy (non-hydrogen) atoms. The van der Waals surface area contributed by atoms with Gasteiger partial charge in [-0.2, -0.15) is 5.10 Å². The summed E-state index contributed by atoms with van der Waals surface area (Å²) in [5, 5.41) is 9.27. The van der Waals surface area contributed by atoms with Crippen molar-refractivity contribution in [2.75, 3.05) is 5.32 Å². The zero-order valence-corrected chi connectivity index (χ0v) is 7.09. The third-order valence-corrected chi connectivity index (χ3v) is 1.33. The number of hydrogen-bond acceptors (Lipinski definition) is 3. The summed E-state index contributed by atoms with van der Waals surface area (Å²) in [5.74, 6) is -0.504. The molecule has 5 nitrogen and oxygen atoms in total. The average molecular weight is 168 g/mol. The van der Waals surface area contributed by atoms with Gasteiger partial charge in [0.2, 0.25) is 0 Å². The van der Waals surface area contributed by atoms with Gasteiger partial charge in [-0.05, 0) is 13.8 Å². The second-order valence-electron chi connectivity index (χ2n) is 2.82. The molecule has 1 aromatic heterocycles. The highest BCUT2D eigenvalue weighted by Gasteiger charge is 2.10. The van der Waals surface area contributed by atoms with Crippen molar-refractivity contribution in [1.82, 2.24) is 10.2 Å². The van der Waals surface area contributed by atoms with Crippen LogP contribution in [0.4, 0.5) is 5.69 Å². The first-order chi connectivity index (χ1) is 5.61. The Hall–Kier alpha value is -1.52. The minimum atomic E-state index is -0.504. The van der Waals surface area contributed by atoms with Crippen LogP contribution in [0.5, 0.6) is 0 Å². The van der Waals surface area contributed by atoms with E-state index in [9.17, 15) is 4.79 Å². The molecule has 0 aromatic carbocycles. The molecule has 0 saturated heterocycles. The molecule has 0 saturated carbocycles. The molecule has 0 atom stereocenters. The number of carbonyl (C=O) groups is 1. The summed E-state index contributed by atoms with van der Waals surface area (Å²) in [5.41, 5.74) is 6.06. The fourth-order valence-electron chi connectivity index (χ4n) is 0.894. The first kappa shape index (κ1) is 8.58. The minimum Gasteiger partial charge on any atom is -0.380 e. The third kappa shape index (κ3) is 1.75. The van der Waals surface area contributed by atoms with E-state index in [2.05, 4.69) is 15.5 Å². The Morgan fingerprint density at radius 1 is 1.75 bits per heavy atom. The van der Waals surface area contributed by atoms with Crippen molar-refractivity contribution in [2.24, 2.45) is 5.73 Å². The van der Waals surface area contributed by atoms with Crippen molar-refractivity contribution in [2.45, 2.75) is 19.9 Å². The van der Waals surface area contributed by atoms with E-state index in [1.807, 2.05) is 13.8 Å². The maximum absolute atomic E-state index is 10.8. The van der Waals surface area contributed by atoms with E-state index in [-0.39, 0.29) is 6.04 Å². The predicted octanol–water partition coefficient (Wildman–Crippen LogP) is 0.329. The molecule has 4 N–H and O–H groups in total. The lowest BCUT2D eigenvalue weighted by Gasteiger charge is -2.07. The van der Waals surface area contributed by atoms with Crippen LogP contribution in [-0.4, -0.2) is 22.1 Å². The number of aromatic nitrogens is 2. The molecule has 1 aromatic rings. The predicted molar refractivity (Wildman–Crippen MR) is 45.9 cm³/mol. The number of carbonyl (C=O) groups excluding carboxylic acids is 1. The number of nitrogens with one attached hydrogen (secondary N) is 2. The monoisotopic (exact) mass is 168 g/mol. The number of nitrogens with two attached hydrogens (primary N) is 1. The quantitative estimate of drug-likeness (QED) is 0.608. The zero-order valence-electron chi connectivity index (χ0n) is 7.09. The highest BCUT2D eigenvalue weighted by atomic mass is 16.1. The van der Waals surface area contributed by atoms with E-state index in [0.717, 1.165) is 0 Å². The van der Waals surface area contributed by atoms with Gasteiger partial charge in [0.05, 0.1) is 11.9 Å². The van der Waals surface area contributed by atoms with Gasteiger partial charge in [0, 0.05) is 6.04 Å². The number of aromatic amines is 1. The normalized spacial score (nSPS) is 10.2. The molecule has 0 unspecified atom stereocenters. The molecule has 0 bridgehead atoms. The number of anilines is 1. The van der Waals surface area contributed by atoms with Gasteiger partial charge in [-0.1, -0.05) is 0 Å². The summed E-state index contributed by atoms with van der Waals surface area (Å²) in [7, 11) is 0. The molecule has 0 fully saturated rings. The Balaban J connectivity index is 2.84. The van der Waals surface area contributed by atoms with Crippen LogP contribution in [0.15, 0.2) is 6.20 Å². The highest BCUT2D eigenvalue weighted by Crippen LogP contribution is 2.11. The zero-order chi connectivity index (χ0) is 9.14. The smallest absolute Gasteiger partial charge is 0.268 e. The molecule has 66 valence electrons. The number of rotatable bonds is 3. The first-order valence-corrected chi connectivity index (χ1v) is 3.71. The van der Waals surface area contributed by atoms with E-state index in [0.29, 0.717) is 11.4 Å². The van der Waals surface area contributed by atoms with Crippen molar-refractivity contribution < 1.29 is 4.79 Å². The van der Waals surface area contributed by atoms with E-state index in [4.69, 9.17) is 5.73 Å². The highest BCUT2D eigenvalue weighted by molar-refractivity contribution is 5.96. The van der Waals surface area contributed by atoms with E-state index in [1.54, 1.807) is 6.20 Å². The van der Waals surface area contributed by atoms with Gasteiger partial charge in [0.25, 0.3) is 5.91 Å². The molecule has 0 aliphatic heterocycles. The molecular weight excluding hydrogens is 156 g/mol. The van der Waals surface area contributed by atoms with Crippen LogP contribution in [-0.2, 0) is 0 Å². The Morgan fingerprint density at radius 3 is 2.92 bits per heavy atom. The molecule has 1 rings (SSSR count). The summed E-state index contributed by atoms with van der Waals surface area (Å²) >= 11 is 0. The maximum atomic E-state index is 10.8. The largest absolute Gasteiger partial charge is 0.380 e. The van der Waals surface area contributed by atoms with Crippen molar-refractivity contribution in [3.05, 3.63) is 11.9 Å². The number of hydrogen-bond donors (Lipinski definition) is 3. The molecule has 5 heteroatoms. The van der Waals surface area contributed by atoms with Gasteiger partial charge in [-0.25, -0.2) is 0 Å². The molecule has 0 aliphatic carbocycles. The van der Waals surface area contributed by atoms with Crippen LogP contribution < -0.4 is 11.1 Å². The molecule has 0 radical (unpaired) electrons. The van der Waals surface area contributed by atoms with E-state index < -0.39 is 5.91 Å². The fraction of sp³-hybridized carbons (Fsp3) is 0.429. The van der Waals surface area contributed by atoms with Gasteiger partial charge in [0.15, 0.2) is 0 Å². The summed E-state index contributed by atoms with van der Waals surface area (Å²) in [4.78, 5) is 10.8. The van der Waals surface area contributed by atoms with Crippen molar-refractivity contribution in [1.29, 1.82) is 0 Å². The number of nitrogens with zero attached hydrogens (tertiary/aromatic N) is 1. The van der Waals surface area contributed by atoms with Crippen LogP contribution in [0.25, 0.3) is 0 Å². The lowest BCUT2D eigenvalue weighted by molar-refractivity contribution is 0.0996.